The molecule has 3 heterocycles. The number of anilines is 2. The summed E-state index contributed by atoms with van der Waals surface area (Å²) in [6.45, 7) is 0.190. The third-order valence-corrected chi connectivity index (χ3v) is 5.07. The Kier molecular flexibility index (Phi) is 4.44. The molecule has 0 saturated carbocycles. The van der Waals surface area contributed by atoms with E-state index in [9.17, 15) is 4.79 Å². The van der Waals surface area contributed by atoms with E-state index in [1.165, 1.54) is 0 Å². The highest BCUT2D eigenvalue weighted by molar-refractivity contribution is 6.07. The van der Waals surface area contributed by atoms with Crippen LogP contribution in [-0.4, -0.2) is 26.6 Å². The molecule has 1 aliphatic rings. The van der Waals surface area contributed by atoms with Crippen molar-refractivity contribution in [2.24, 2.45) is 0 Å². The number of carbonyl (C=O) groups excluding carboxylic acids is 1. The lowest BCUT2D eigenvalue weighted by molar-refractivity contribution is 0.0925. The van der Waals surface area contributed by atoms with Crippen LogP contribution in [0.15, 0.2) is 59.5 Å². The number of benzene rings is 1. The van der Waals surface area contributed by atoms with E-state index in [0.717, 1.165) is 35.0 Å². The van der Waals surface area contributed by atoms with E-state index in [1.54, 1.807) is 36.9 Å². The van der Waals surface area contributed by atoms with E-state index in [0.29, 0.717) is 22.8 Å². The van der Waals surface area contributed by atoms with Crippen molar-refractivity contribution in [2.75, 3.05) is 5.32 Å². The molecule has 4 aromatic rings. The zero-order chi connectivity index (χ0) is 20.5. The minimum absolute atomic E-state index is 0.169. The smallest absolute Gasteiger partial charge is 0.289 e. The van der Waals surface area contributed by atoms with E-state index >= 15 is 0 Å². The minimum atomic E-state index is -0.371. The molecule has 0 unspecified atom stereocenters. The molecule has 3 aromatic heterocycles. The van der Waals surface area contributed by atoms with Gasteiger partial charge in [-0.15, -0.1) is 0 Å². The van der Waals surface area contributed by atoms with Gasteiger partial charge in [0, 0.05) is 35.4 Å². The molecule has 148 valence electrons. The second-order valence-corrected chi connectivity index (χ2v) is 7.00. The third kappa shape index (κ3) is 3.28. The van der Waals surface area contributed by atoms with Gasteiger partial charge in [0.25, 0.3) is 5.91 Å². The van der Waals surface area contributed by atoms with Gasteiger partial charge in [0.1, 0.15) is 5.82 Å². The monoisotopic (exact) mass is 398 g/mol. The highest BCUT2D eigenvalue weighted by Crippen LogP contribution is 2.34. The van der Waals surface area contributed by atoms with E-state index in [2.05, 4.69) is 25.6 Å². The van der Waals surface area contributed by atoms with Gasteiger partial charge >= 0.3 is 0 Å². The molecule has 5 rings (SSSR count). The first-order chi connectivity index (χ1) is 14.7. The van der Waals surface area contributed by atoms with Crippen molar-refractivity contribution in [3.05, 3.63) is 77.8 Å². The van der Waals surface area contributed by atoms with E-state index in [4.69, 9.17) is 9.83 Å². The van der Waals surface area contributed by atoms with Crippen LogP contribution < -0.4 is 10.6 Å². The van der Waals surface area contributed by atoms with E-state index in [1.807, 2.05) is 18.2 Å². The molecule has 8 heteroatoms. The summed E-state index contributed by atoms with van der Waals surface area (Å²) in [4.78, 5) is 25.2. The fourth-order valence-corrected chi connectivity index (χ4v) is 3.61. The van der Waals surface area contributed by atoms with Gasteiger partial charge < -0.3 is 20.5 Å². The van der Waals surface area contributed by atoms with Gasteiger partial charge in [-0.25, -0.2) is 9.97 Å². The zero-order valence-electron chi connectivity index (χ0n) is 16.0. The van der Waals surface area contributed by atoms with E-state index in [-0.39, 0.29) is 18.2 Å². The molecule has 0 saturated heterocycles. The maximum Gasteiger partial charge on any atom is 0.289 e. The Bertz CT molecular complexity index is 1270. The number of aromatic nitrogens is 3. The summed E-state index contributed by atoms with van der Waals surface area (Å²) in [5, 5.41) is 14.9. The lowest BCUT2D eigenvalue weighted by Gasteiger charge is -2.09. The van der Waals surface area contributed by atoms with Gasteiger partial charge in [-0.1, -0.05) is 6.07 Å². The Balaban J connectivity index is 1.46. The summed E-state index contributed by atoms with van der Waals surface area (Å²) in [7, 11) is 0. The second kappa shape index (κ2) is 7.40. The number of nitrogens with zero attached hydrogens (tertiary/aromatic N) is 3. The summed E-state index contributed by atoms with van der Waals surface area (Å²) in [5.41, 5.74) is 4.72. The van der Waals surface area contributed by atoms with Crippen LogP contribution in [0.1, 0.15) is 33.9 Å². The van der Waals surface area contributed by atoms with Crippen LogP contribution in [0.5, 0.6) is 0 Å². The summed E-state index contributed by atoms with van der Waals surface area (Å²) in [5.74, 6) is 0.311. The Morgan fingerprint density at radius 3 is 2.87 bits per heavy atom. The van der Waals surface area contributed by atoms with Crippen LogP contribution in [-0.2, 0) is 13.0 Å². The highest BCUT2D eigenvalue weighted by Gasteiger charge is 2.22. The summed E-state index contributed by atoms with van der Waals surface area (Å²) < 4.78 is 5.82. The number of rotatable bonds is 5. The lowest BCUT2D eigenvalue weighted by atomic mass is 10.1. The molecule has 0 spiro atoms. The third-order valence-electron chi connectivity index (χ3n) is 5.07. The fraction of sp³-hybridized carbons (Fsp3) is 0.136. The second-order valence-electron chi connectivity index (χ2n) is 7.00. The molecule has 30 heavy (non-hydrogen) atoms. The molecular weight excluding hydrogens is 380 g/mol. The van der Waals surface area contributed by atoms with Crippen LogP contribution in [0.25, 0.3) is 11.0 Å². The minimum Gasteiger partial charge on any atom is -0.447 e. The first-order valence-corrected chi connectivity index (χ1v) is 9.57. The number of nitrogens with one attached hydrogen (secondary N) is 3. The van der Waals surface area contributed by atoms with Crippen LogP contribution in [0.4, 0.5) is 11.4 Å². The maximum atomic E-state index is 12.9. The molecule has 0 radical (unpaired) electrons. The van der Waals surface area contributed by atoms with Crippen molar-refractivity contribution in [1.82, 2.24) is 20.3 Å². The van der Waals surface area contributed by atoms with Gasteiger partial charge in [0.05, 0.1) is 18.4 Å². The average molecular weight is 398 g/mol. The number of pyridine rings is 1. The van der Waals surface area contributed by atoms with Gasteiger partial charge in [-0.05, 0) is 48.2 Å². The Hall–Kier alpha value is -4.07. The Morgan fingerprint density at radius 1 is 1.13 bits per heavy atom. The average Bonchev–Trinajstić information content (AvgIpc) is 3.33. The topological polar surface area (TPSA) is 117 Å². The number of hydrogen-bond donors (Lipinski definition) is 3. The van der Waals surface area contributed by atoms with Gasteiger partial charge in [0.2, 0.25) is 5.76 Å². The van der Waals surface area contributed by atoms with Crippen molar-refractivity contribution >= 4 is 34.0 Å². The van der Waals surface area contributed by atoms with Crippen molar-refractivity contribution in [2.45, 2.75) is 19.4 Å². The summed E-state index contributed by atoms with van der Waals surface area (Å²) in [6, 6.07) is 9.41. The van der Waals surface area contributed by atoms with Crippen molar-refractivity contribution in [3.8, 4) is 0 Å². The number of amides is 1. The normalized spacial score (nSPS) is 12.7. The molecule has 0 atom stereocenters. The molecular formula is C22H18N6O2. The van der Waals surface area contributed by atoms with Crippen molar-refractivity contribution < 1.29 is 9.21 Å². The standard InChI is InChI=1S/C22H18N6O2/c23-17-5-2-13-10-14(3-4-15(13)17)28-20-16-6-9-24-11-18(16)30-21(20)22(29)27-12-19-25-7-1-8-26-19/h1,3-4,6-11,23,28H,2,5,12H2,(H,27,29). The van der Waals surface area contributed by atoms with Gasteiger partial charge in [-0.3, -0.25) is 9.78 Å². The SMILES string of the molecule is N=C1CCc2cc(Nc3c(C(=O)NCc4ncccn4)oc4cnccc34)ccc21. The van der Waals surface area contributed by atoms with Crippen molar-refractivity contribution in [3.63, 3.8) is 0 Å². The highest BCUT2D eigenvalue weighted by atomic mass is 16.3. The molecule has 0 fully saturated rings. The number of fused-ring (bicyclic) bond motifs is 2. The zero-order valence-corrected chi connectivity index (χ0v) is 16.0. The predicted octanol–water partition coefficient (Wildman–Crippen LogP) is 3.61. The number of hydrogen-bond acceptors (Lipinski definition) is 7. The first-order valence-electron chi connectivity index (χ1n) is 9.57. The number of aryl methyl sites for hydroxylation is 1. The Morgan fingerprint density at radius 2 is 2.00 bits per heavy atom. The Labute approximate surface area is 171 Å². The molecule has 0 bridgehead atoms. The van der Waals surface area contributed by atoms with Gasteiger partial charge in [-0.2, -0.15) is 0 Å². The number of carbonyl (C=O) groups is 1. The summed E-state index contributed by atoms with van der Waals surface area (Å²) in [6.07, 6.45) is 8.11. The summed E-state index contributed by atoms with van der Waals surface area (Å²) >= 11 is 0. The molecule has 1 aromatic carbocycles. The van der Waals surface area contributed by atoms with Crippen LogP contribution in [0, 0.1) is 5.41 Å². The lowest BCUT2D eigenvalue weighted by Crippen LogP contribution is -2.24. The molecule has 1 aliphatic carbocycles. The molecule has 1 amide bonds. The predicted molar refractivity (Wildman–Crippen MR) is 112 cm³/mol. The van der Waals surface area contributed by atoms with Gasteiger partial charge in [0.15, 0.2) is 5.58 Å². The number of furan rings is 1. The van der Waals surface area contributed by atoms with Crippen LogP contribution in [0.2, 0.25) is 0 Å². The fourth-order valence-electron chi connectivity index (χ4n) is 3.61. The molecule has 0 aliphatic heterocycles. The molecule has 8 nitrogen and oxygen atoms in total. The molecule has 3 N–H and O–H groups in total. The van der Waals surface area contributed by atoms with Crippen molar-refractivity contribution in [1.29, 1.82) is 5.41 Å². The maximum absolute atomic E-state index is 12.9. The van der Waals surface area contributed by atoms with E-state index < -0.39 is 0 Å². The first kappa shape index (κ1) is 18.0. The van der Waals surface area contributed by atoms with Crippen LogP contribution in [0.3, 0.4) is 0 Å². The quantitative estimate of drug-likeness (QED) is 0.473. The van der Waals surface area contributed by atoms with Crippen LogP contribution >= 0.6 is 0 Å². The largest absolute Gasteiger partial charge is 0.447 e.